The van der Waals surface area contributed by atoms with Crippen LogP contribution < -0.4 is 0 Å². The SMILES string of the molecule is CC1C[C]2([Cr]([C]34CCC(C)(C3)C(C)C4)([C]34CCC(C)(C3)C(C)C4)[C]34CCC(C)(C3)C(C)C4)CCC1(C)C2. The van der Waals surface area contributed by atoms with Crippen LogP contribution in [0.3, 0.4) is 0 Å². The maximum absolute atomic E-state index is 2.78. The first-order valence-electron chi connectivity index (χ1n) is 17.0. The van der Waals surface area contributed by atoms with E-state index in [2.05, 4.69) is 55.4 Å². The van der Waals surface area contributed by atoms with Gasteiger partial charge in [0, 0.05) is 0 Å². The molecule has 8 saturated carbocycles. The van der Waals surface area contributed by atoms with E-state index in [4.69, 9.17) is 0 Å². The molecule has 0 aromatic rings. The standard InChI is InChI=1S/4C9H15.Cr/c4*1-7-5-8-3-4-9(7,2)6-8;/h4*7H,3-6H2,1-2H3;. The summed E-state index contributed by atoms with van der Waals surface area (Å²) in [5.41, 5.74) is 2.65. The molecule has 37 heavy (non-hydrogen) atoms. The van der Waals surface area contributed by atoms with Gasteiger partial charge in [0.05, 0.1) is 0 Å². The predicted molar refractivity (Wildman–Crippen MR) is 154 cm³/mol. The van der Waals surface area contributed by atoms with Crippen LogP contribution in [0.1, 0.15) is 158 Å². The monoisotopic (exact) mass is 544 g/mol. The summed E-state index contributed by atoms with van der Waals surface area (Å²) in [4.78, 5) is 0. The molecule has 1 heteroatoms. The van der Waals surface area contributed by atoms with Gasteiger partial charge in [-0.05, 0) is 0 Å². The minimum absolute atomic E-state index is 0.664. The summed E-state index contributed by atoms with van der Waals surface area (Å²) in [5, 5.41) is 0. The zero-order chi connectivity index (χ0) is 26.1. The third-order valence-electron chi connectivity index (χ3n) is 17.6. The Bertz CT molecular complexity index is 882. The van der Waals surface area contributed by atoms with Gasteiger partial charge in [0.15, 0.2) is 0 Å². The molecule has 8 rings (SSSR count). The molecule has 12 unspecified atom stereocenters. The molecule has 0 aromatic heterocycles. The van der Waals surface area contributed by atoms with Crippen LogP contribution in [0.25, 0.3) is 0 Å². The fourth-order valence-corrected chi connectivity index (χ4v) is 33.3. The van der Waals surface area contributed by atoms with Crippen molar-refractivity contribution in [3.05, 3.63) is 0 Å². The molecule has 8 aliphatic rings. The van der Waals surface area contributed by atoms with E-state index in [1.54, 1.807) is 103 Å². The molecule has 8 bridgehead atoms. The Morgan fingerprint density at radius 1 is 0.378 bits per heavy atom. The maximum atomic E-state index is 2.78. The molecule has 0 aliphatic heterocycles. The van der Waals surface area contributed by atoms with E-state index < -0.39 is 13.1 Å². The zero-order valence-corrected chi connectivity index (χ0v) is 27.3. The molecule has 0 aromatic carbocycles. The van der Waals surface area contributed by atoms with Crippen molar-refractivity contribution in [3.63, 3.8) is 0 Å². The van der Waals surface area contributed by atoms with Crippen LogP contribution in [-0.4, -0.2) is 0 Å². The van der Waals surface area contributed by atoms with Crippen LogP contribution in [0, 0.1) is 45.3 Å². The van der Waals surface area contributed by atoms with Crippen LogP contribution in [-0.2, 0) is 13.1 Å². The molecule has 8 aliphatic carbocycles. The second-order valence-electron chi connectivity index (χ2n) is 19.1. The van der Waals surface area contributed by atoms with E-state index in [-0.39, 0.29) is 0 Å². The number of hydrogen-bond donors (Lipinski definition) is 0. The Morgan fingerprint density at radius 2 is 0.595 bits per heavy atom. The zero-order valence-electron chi connectivity index (χ0n) is 26.0. The van der Waals surface area contributed by atoms with Crippen molar-refractivity contribution in [1.82, 2.24) is 0 Å². The van der Waals surface area contributed by atoms with E-state index in [0.717, 1.165) is 40.8 Å². The van der Waals surface area contributed by atoms with Gasteiger partial charge in [-0.1, -0.05) is 0 Å². The van der Waals surface area contributed by atoms with Crippen LogP contribution in [0.2, 0.25) is 17.1 Å². The van der Waals surface area contributed by atoms with Gasteiger partial charge in [-0.25, -0.2) is 0 Å². The van der Waals surface area contributed by atoms with E-state index >= 15 is 0 Å². The van der Waals surface area contributed by atoms with Crippen molar-refractivity contribution in [1.29, 1.82) is 0 Å². The minimum atomic E-state index is -2.16. The van der Waals surface area contributed by atoms with Crippen LogP contribution in [0.4, 0.5) is 0 Å². The van der Waals surface area contributed by atoms with Gasteiger partial charge in [0.25, 0.3) is 0 Å². The van der Waals surface area contributed by atoms with Crippen molar-refractivity contribution < 1.29 is 13.1 Å². The second-order valence-corrected chi connectivity index (χ2v) is 26.4. The van der Waals surface area contributed by atoms with Crippen molar-refractivity contribution in [2.75, 3.05) is 0 Å². The summed E-state index contributed by atoms with van der Waals surface area (Å²) in [6, 6.07) is 0. The Kier molecular flexibility index (Phi) is 4.62. The van der Waals surface area contributed by atoms with Crippen molar-refractivity contribution >= 4 is 0 Å². The Hall–Kier alpha value is 0.532. The van der Waals surface area contributed by atoms with Crippen molar-refractivity contribution in [2.45, 2.75) is 175 Å². The third-order valence-corrected chi connectivity index (χ3v) is 28.9. The van der Waals surface area contributed by atoms with Gasteiger partial charge < -0.3 is 0 Å². The molecule has 8 fully saturated rings. The molecular formula is C36H60Cr. The van der Waals surface area contributed by atoms with E-state index in [0.29, 0.717) is 21.7 Å². The first-order chi connectivity index (χ1) is 17.2. The number of hydrogen-bond acceptors (Lipinski definition) is 0. The van der Waals surface area contributed by atoms with Crippen LogP contribution >= 0.6 is 0 Å². The predicted octanol–water partition coefficient (Wildman–Crippen LogP) is 11.7. The van der Waals surface area contributed by atoms with Crippen molar-refractivity contribution in [3.8, 4) is 0 Å². The first kappa shape index (κ1) is 25.3. The summed E-state index contributed by atoms with van der Waals surface area (Å²) < 4.78 is 3.13. The number of fused-ring (bicyclic) bond motifs is 8. The van der Waals surface area contributed by atoms with Gasteiger partial charge in [-0.3, -0.25) is 0 Å². The summed E-state index contributed by atoms with van der Waals surface area (Å²) in [7, 11) is 0. The fourth-order valence-electron chi connectivity index (χ4n) is 15.6. The first-order valence-corrected chi connectivity index (χ1v) is 19.5. The summed E-state index contributed by atoms with van der Waals surface area (Å²) in [5.74, 6) is 3.91. The Labute approximate surface area is 233 Å². The van der Waals surface area contributed by atoms with Gasteiger partial charge in [-0.15, -0.1) is 0 Å². The Balaban J connectivity index is 1.46. The van der Waals surface area contributed by atoms with Crippen LogP contribution in [0.15, 0.2) is 0 Å². The molecule has 0 N–H and O–H groups in total. The van der Waals surface area contributed by atoms with E-state index in [1.807, 2.05) is 0 Å². The van der Waals surface area contributed by atoms with Crippen molar-refractivity contribution in [2.24, 2.45) is 45.3 Å². The molecule has 0 spiro atoms. The average Bonchev–Trinajstić information content (AvgIpc) is 3.64. The molecule has 0 amide bonds. The normalized spacial score (nSPS) is 67.7. The molecule has 12 atom stereocenters. The second kappa shape index (κ2) is 6.77. The molecule has 0 nitrogen and oxygen atoms in total. The molecule has 0 saturated heterocycles. The van der Waals surface area contributed by atoms with E-state index in [9.17, 15) is 0 Å². The quantitative estimate of drug-likeness (QED) is 0.330. The summed E-state index contributed by atoms with van der Waals surface area (Å²) in [6.07, 6.45) is 26.4. The molecule has 0 heterocycles. The topological polar surface area (TPSA) is 0 Å². The molecule has 0 radical (unpaired) electrons. The third kappa shape index (κ3) is 2.48. The summed E-state index contributed by atoms with van der Waals surface area (Å²) in [6.45, 7) is 22.1. The molecular weight excluding hydrogens is 484 g/mol. The van der Waals surface area contributed by atoms with Gasteiger partial charge in [0.2, 0.25) is 0 Å². The van der Waals surface area contributed by atoms with Gasteiger partial charge >= 0.3 is 234 Å². The summed E-state index contributed by atoms with van der Waals surface area (Å²) >= 11 is -2.16. The average molecular weight is 545 g/mol. The van der Waals surface area contributed by atoms with E-state index in [1.165, 1.54) is 0 Å². The molecule has 210 valence electrons. The van der Waals surface area contributed by atoms with Crippen LogP contribution in [0.5, 0.6) is 0 Å². The Morgan fingerprint density at radius 3 is 0.730 bits per heavy atom. The number of rotatable bonds is 4. The fraction of sp³-hybridized carbons (Fsp3) is 1.00. The van der Waals surface area contributed by atoms with Gasteiger partial charge in [-0.2, -0.15) is 0 Å². The van der Waals surface area contributed by atoms with Gasteiger partial charge in [0.1, 0.15) is 0 Å².